The zero-order valence-corrected chi connectivity index (χ0v) is 21.1. The first kappa shape index (κ1) is 26.1. The number of carbonyl (C=O) groups excluding carboxylic acids is 4. The number of ketones is 2. The third kappa shape index (κ3) is 6.62. The topological polar surface area (TPSA) is 86.7 Å². The van der Waals surface area contributed by atoms with Crippen molar-refractivity contribution in [3.63, 3.8) is 0 Å². The zero-order chi connectivity index (χ0) is 24.8. The predicted octanol–water partition coefficient (Wildman–Crippen LogP) is 5.66. The van der Waals surface area contributed by atoms with Crippen LogP contribution in [0.3, 0.4) is 0 Å². The lowest BCUT2D eigenvalue weighted by Gasteiger charge is -2.26. The van der Waals surface area contributed by atoms with Gasteiger partial charge < -0.3 is 9.47 Å². The fourth-order valence-electron chi connectivity index (χ4n) is 6.81. The van der Waals surface area contributed by atoms with Gasteiger partial charge in [0.15, 0.2) is 23.8 Å². The molecule has 2 unspecified atom stereocenters. The first-order valence-corrected chi connectivity index (χ1v) is 14.1. The Bertz CT molecular complexity index is 792. The molecule has 0 radical (unpaired) electrons. The summed E-state index contributed by atoms with van der Waals surface area (Å²) in [6.45, 7) is 3.79. The molecule has 4 saturated carbocycles. The lowest BCUT2D eigenvalue weighted by Crippen LogP contribution is -2.38. The minimum absolute atomic E-state index is 0.00398. The van der Waals surface area contributed by atoms with E-state index in [1.54, 1.807) is 0 Å². The van der Waals surface area contributed by atoms with E-state index in [4.69, 9.17) is 9.47 Å². The van der Waals surface area contributed by atoms with Crippen LogP contribution in [0, 0.1) is 23.7 Å². The predicted molar refractivity (Wildman–Crippen MR) is 131 cm³/mol. The molecule has 194 valence electrons. The Balaban J connectivity index is 1.34. The minimum atomic E-state index is -0.740. The molecule has 0 aromatic rings. The Morgan fingerprint density at radius 3 is 1.40 bits per heavy atom. The van der Waals surface area contributed by atoms with Gasteiger partial charge in [-0.15, -0.1) is 0 Å². The summed E-state index contributed by atoms with van der Waals surface area (Å²) < 4.78 is 11.5. The Morgan fingerprint density at radius 2 is 0.971 bits per heavy atom. The molecule has 4 aliphatic rings. The van der Waals surface area contributed by atoms with Gasteiger partial charge in [-0.1, -0.05) is 57.9 Å². The standard InChI is InChI=1S/C29H42O6/c1-19(29(33)35-28(23-16-8-9-17-23)26(32)21-12-4-5-13-21)18-24(30)34-27(22-14-6-7-15-22)25(31)20-10-2-3-11-20/h20-23,27-28H,1-18H2. The molecule has 0 spiro atoms. The molecule has 4 fully saturated rings. The number of rotatable bonds is 11. The molecular formula is C29H42O6. The number of hydrogen-bond donors (Lipinski definition) is 0. The second-order valence-electron chi connectivity index (χ2n) is 11.4. The van der Waals surface area contributed by atoms with Crippen molar-refractivity contribution in [3.05, 3.63) is 12.2 Å². The van der Waals surface area contributed by atoms with Crippen LogP contribution in [0.5, 0.6) is 0 Å². The molecule has 0 aromatic carbocycles. The van der Waals surface area contributed by atoms with Gasteiger partial charge in [0.05, 0.1) is 6.42 Å². The summed E-state index contributed by atoms with van der Waals surface area (Å²) in [4.78, 5) is 52.0. The SMILES string of the molecule is C=C(CC(=O)OC(C(=O)C1CCCC1)C1CCCC1)C(=O)OC(C(=O)C1CCCC1)C1CCCC1. The van der Waals surface area contributed by atoms with E-state index in [1.807, 2.05) is 0 Å². The number of carbonyl (C=O) groups is 4. The highest BCUT2D eigenvalue weighted by atomic mass is 16.6. The highest BCUT2D eigenvalue weighted by molar-refractivity contribution is 5.96. The van der Waals surface area contributed by atoms with Crippen LogP contribution in [0.4, 0.5) is 0 Å². The Labute approximate surface area is 209 Å². The van der Waals surface area contributed by atoms with Gasteiger partial charge in [0.25, 0.3) is 0 Å². The Hall–Kier alpha value is -1.98. The second kappa shape index (κ2) is 12.3. The van der Waals surface area contributed by atoms with Gasteiger partial charge in [0.1, 0.15) is 0 Å². The van der Waals surface area contributed by atoms with Crippen LogP contribution in [0.1, 0.15) is 109 Å². The van der Waals surface area contributed by atoms with Crippen molar-refractivity contribution in [2.24, 2.45) is 23.7 Å². The van der Waals surface area contributed by atoms with E-state index >= 15 is 0 Å². The van der Waals surface area contributed by atoms with E-state index in [0.29, 0.717) is 0 Å². The molecule has 6 nitrogen and oxygen atoms in total. The van der Waals surface area contributed by atoms with E-state index < -0.39 is 24.1 Å². The highest BCUT2D eigenvalue weighted by Crippen LogP contribution is 2.36. The Kier molecular flexibility index (Phi) is 9.18. The molecule has 0 saturated heterocycles. The fourth-order valence-corrected chi connectivity index (χ4v) is 6.81. The molecule has 6 heteroatoms. The largest absolute Gasteiger partial charge is 0.454 e. The van der Waals surface area contributed by atoms with Gasteiger partial charge in [-0.25, -0.2) is 4.79 Å². The summed E-state index contributed by atoms with van der Waals surface area (Å²) in [5, 5.41) is 0. The van der Waals surface area contributed by atoms with Crippen molar-refractivity contribution in [2.75, 3.05) is 0 Å². The van der Waals surface area contributed by atoms with Crippen LogP contribution in [0.15, 0.2) is 12.2 Å². The van der Waals surface area contributed by atoms with Crippen molar-refractivity contribution in [1.29, 1.82) is 0 Å². The van der Waals surface area contributed by atoms with Gasteiger partial charge in [-0.3, -0.25) is 14.4 Å². The summed E-state index contributed by atoms with van der Waals surface area (Å²) >= 11 is 0. The molecule has 4 rings (SSSR count). The average molecular weight is 487 g/mol. The van der Waals surface area contributed by atoms with E-state index in [2.05, 4.69) is 6.58 Å². The second-order valence-corrected chi connectivity index (χ2v) is 11.4. The summed E-state index contributed by atoms with van der Waals surface area (Å²) in [6, 6.07) is 0. The van der Waals surface area contributed by atoms with E-state index in [-0.39, 0.29) is 47.2 Å². The first-order valence-electron chi connectivity index (χ1n) is 14.1. The van der Waals surface area contributed by atoms with E-state index in [1.165, 1.54) is 0 Å². The van der Waals surface area contributed by atoms with Crippen LogP contribution in [-0.2, 0) is 28.7 Å². The fraction of sp³-hybridized carbons (Fsp3) is 0.793. The highest BCUT2D eigenvalue weighted by Gasteiger charge is 2.40. The molecule has 4 aliphatic carbocycles. The third-order valence-corrected chi connectivity index (χ3v) is 8.87. The molecule has 35 heavy (non-hydrogen) atoms. The average Bonchev–Trinajstić information content (AvgIpc) is 3.67. The van der Waals surface area contributed by atoms with Crippen LogP contribution in [-0.4, -0.2) is 35.7 Å². The maximum absolute atomic E-state index is 13.2. The van der Waals surface area contributed by atoms with Crippen molar-refractivity contribution < 1.29 is 28.7 Å². The van der Waals surface area contributed by atoms with Crippen molar-refractivity contribution >= 4 is 23.5 Å². The minimum Gasteiger partial charge on any atom is -0.454 e. The third-order valence-electron chi connectivity index (χ3n) is 8.87. The summed E-state index contributed by atoms with van der Waals surface area (Å²) in [7, 11) is 0. The zero-order valence-electron chi connectivity index (χ0n) is 21.1. The van der Waals surface area contributed by atoms with Crippen LogP contribution < -0.4 is 0 Å². The van der Waals surface area contributed by atoms with E-state index in [0.717, 1.165) is 103 Å². The molecule has 2 atom stereocenters. The van der Waals surface area contributed by atoms with Gasteiger partial charge in [-0.05, 0) is 51.4 Å². The first-order chi connectivity index (χ1) is 16.9. The van der Waals surface area contributed by atoms with Crippen molar-refractivity contribution in [3.8, 4) is 0 Å². The van der Waals surface area contributed by atoms with Gasteiger partial charge >= 0.3 is 11.9 Å². The quantitative estimate of drug-likeness (QED) is 0.277. The summed E-state index contributed by atoms with van der Waals surface area (Å²) in [6.07, 6.45) is 13.6. The molecule has 0 amide bonds. The van der Waals surface area contributed by atoms with Gasteiger partial charge in [0.2, 0.25) is 0 Å². The monoisotopic (exact) mass is 486 g/mol. The number of esters is 2. The molecule has 0 heterocycles. The molecule has 0 bridgehead atoms. The molecule has 0 aliphatic heterocycles. The number of Topliss-reactive ketones (excluding diaryl/α,β-unsaturated/α-hetero) is 2. The van der Waals surface area contributed by atoms with Crippen molar-refractivity contribution in [2.45, 2.75) is 121 Å². The maximum atomic E-state index is 13.2. The van der Waals surface area contributed by atoms with Gasteiger partial charge in [0, 0.05) is 29.2 Å². The smallest absolute Gasteiger partial charge is 0.334 e. The molecule has 0 N–H and O–H groups in total. The van der Waals surface area contributed by atoms with Crippen LogP contribution in [0.2, 0.25) is 0 Å². The Morgan fingerprint density at radius 1 is 0.600 bits per heavy atom. The molecule has 0 aromatic heterocycles. The number of ether oxygens (including phenoxy) is 2. The normalized spacial score (nSPS) is 23.9. The maximum Gasteiger partial charge on any atom is 0.334 e. The summed E-state index contributed by atoms with van der Waals surface area (Å²) in [5.41, 5.74) is -0.00398. The van der Waals surface area contributed by atoms with Crippen molar-refractivity contribution in [1.82, 2.24) is 0 Å². The van der Waals surface area contributed by atoms with Crippen LogP contribution in [0.25, 0.3) is 0 Å². The summed E-state index contributed by atoms with van der Waals surface area (Å²) in [5.74, 6) is -1.11. The van der Waals surface area contributed by atoms with Crippen LogP contribution >= 0.6 is 0 Å². The lowest BCUT2D eigenvalue weighted by atomic mass is 9.89. The lowest BCUT2D eigenvalue weighted by molar-refractivity contribution is -0.161. The van der Waals surface area contributed by atoms with Gasteiger partial charge in [-0.2, -0.15) is 0 Å². The number of hydrogen-bond acceptors (Lipinski definition) is 6. The van der Waals surface area contributed by atoms with E-state index in [9.17, 15) is 19.2 Å². The molecular weight excluding hydrogens is 444 g/mol.